The van der Waals surface area contributed by atoms with Crippen LogP contribution < -0.4 is 5.32 Å². The van der Waals surface area contributed by atoms with E-state index < -0.39 is 0 Å². The first kappa shape index (κ1) is 10.3. The second-order valence-electron chi connectivity index (χ2n) is 3.32. The zero-order valence-electron chi connectivity index (χ0n) is 8.58. The number of aromatic nitrogens is 2. The summed E-state index contributed by atoms with van der Waals surface area (Å²) < 4.78 is 2.23. The zero-order valence-corrected chi connectivity index (χ0v) is 8.58. The van der Waals surface area contributed by atoms with Gasteiger partial charge in [0.2, 0.25) is 0 Å². The normalized spacial score (nSPS) is 10.6. The summed E-state index contributed by atoms with van der Waals surface area (Å²) in [7, 11) is 1.96. The minimum atomic E-state index is 0.909. The highest BCUT2D eigenvalue weighted by molar-refractivity contribution is 4.97. The molecule has 0 spiro atoms. The molecular weight excluding hydrogens is 162 g/mol. The summed E-state index contributed by atoms with van der Waals surface area (Å²) in [6, 6.07) is 0. The second kappa shape index (κ2) is 5.75. The van der Waals surface area contributed by atoms with E-state index in [0.29, 0.717) is 0 Å². The molecule has 0 radical (unpaired) electrons. The third-order valence-corrected chi connectivity index (χ3v) is 2.16. The van der Waals surface area contributed by atoms with Gasteiger partial charge in [0.05, 0.1) is 12.0 Å². The fourth-order valence-electron chi connectivity index (χ4n) is 1.41. The summed E-state index contributed by atoms with van der Waals surface area (Å²) in [6.07, 6.45) is 7.68. The summed E-state index contributed by atoms with van der Waals surface area (Å²) in [5, 5.41) is 3.14. The van der Waals surface area contributed by atoms with E-state index in [1.165, 1.54) is 25.0 Å². The van der Waals surface area contributed by atoms with E-state index in [1.54, 1.807) is 0 Å². The first-order valence-electron chi connectivity index (χ1n) is 5.02. The van der Waals surface area contributed by atoms with Gasteiger partial charge in [0, 0.05) is 19.3 Å². The van der Waals surface area contributed by atoms with E-state index in [-0.39, 0.29) is 0 Å². The third-order valence-electron chi connectivity index (χ3n) is 2.16. The number of hydrogen-bond donors (Lipinski definition) is 1. The molecule has 0 saturated carbocycles. The van der Waals surface area contributed by atoms with Crippen LogP contribution in [0.4, 0.5) is 0 Å². The van der Waals surface area contributed by atoms with Crippen molar-refractivity contribution < 1.29 is 0 Å². The molecule has 1 heterocycles. The van der Waals surface area contributed by atoms with Gasteiger partial charge >= 0.3 is 0 Å². The van der Waals surface area contributed by atoms with Crippen molar-refractivity contribution in [2.24, 2.45) is 0 Å². The van der Waals surface area contributed by atoms with E-state index >= 15 is 0 Å². The number of hydrogen-bond acceptors (Lipinski definition) is 2. The predicted octanol–water partition coefficient (Wildman–Crippen LogP) is 1.79. The Morgan fingerprint density at radius 2 is 2.31 bits per heavy atom. The Balaban J connectivity index is 2.40. The lowest BCUT2D eigenvalue weighted by Gasteiger charge is -2.06. The Bertz CT molecular complexity index is 230. The van der Waals surface area contributed by atoms with Crippen LogP contribution in [0, 0.1) is 0 Å². The molecule has 0 fully saturated rings. The molecule has 0 amide bonds. The van der Waals surface area contributed by atoms with Gasteiger partial charge in [-0.05, 0) is 13.5 Å². The minimum Gasteiger partial charge on any atom is -0.333 e. The van der Waals surface area contributed by atoms with Gasteiger partial charge in [0.1, 0.15) is 0 Å². The van der Waals surface area contributed by atoms with Gasteiger partial charge in [-0.2, -0.15) is 0 Å². The van der Waals surface area contributed by atoms with Crippen LogP contribution in [0.3, 0.4) is 0 Å². The van der Waals surface area contributed by atoms with Crippen molar-refractivity contribution in [3.05, 3.63) is 18.2 Å². The molecule has 0 aliphatic heterocycles. The quantitative estimate of drug-likeness (QED) is 0.678. The van der Waals surface area contributed by atoms with Gasteiger partial charge in [0.25, 0.3) is 0 Å². The summed E-state index contributed by atoms with van der Waals surface area (Å²) in [6.45, 7) is 4.24. The van der Waals surface area contributed by atoms with Gasteiger partial charge in [-0.15, -0.1) is 0 Å². The van der Waals surface area contributed by atoms with Crippen LogP contribution in [-0.4, -0.2) is 16.6 Å². The molecule has 13 heavy (non-hydrogen) atoms. The summed E-state index contributed by atoms with van der Waals surface area (Å²) in [4.78, 5) is 4.14. The minimum absolute atomic E-state index is 0.909. The Kier molecular flexibility index (Phi) is 4.54. The zero-order chi connectivity index (χ0) is 9.52. The Labute approximate surface area is 80.2 Å². The van der Waals surface area contributed by atoms with Crippen molar-refractivity contribution in [1.29, 1.82) is 0 Å². The molecule has 1 N–H and O–H groups in total. The van der Waals surface area contributed by atoms with Crippen LogP contribution in [0.5, 0.6) is 0 Å². The fourth-order valence-corrected chi connectivity index (χ4v) is 1.41. The van der Waals surface area contributed by atoms with Crippen molar-refractivity contribution in [3.63, 3.8) is 0 Å². The molecule has 1 aromatic rings. The van der Waals surface area contributed by atoms with Crippen LogP contribution in [-0.2, 0) is 13.1 Å². The second-order valence-corrected chi connectivity index (χ2v) is 3.32. The first-order valence-corrected chi connectivity index (χ1v) is 5.02. The highest BCUT2D eigenvalue weighted by atomic mass is 15.1. The summed E-state index contributed by atoms with van der Waals surface area (Å²) in [5.74, 6) is 0. The lowest BCUT2D eigenvalue weighted by molar-refractivity contribution is 0.575. The summed E-state index contributed by atoms with van der Waals surface area (Å²) >= 11 is 0. The number of unbranched alkanes of at least 4 members (excludes halogenated alkanes) is 2. The molecule has 1 rings (SSSR count). The van der Waals surface area contributed by atoms with Crippen molar-refractivity contribution >= 4 is 0 Å². The van der Waals surface area contributed by atoms with Crippen LogP contribution in [0.2, 0.25) is 0 Å². The molecule has 3 nitrogen and oxygen atoms in total. The first-order chi connectivity index (χ1) is 6.38. The van der Waals surface area contributed by atoms with E-state index in [0.717, 1.165) is 13.1 Å². The fraction of sp³-hybridized carbons (Fsp3) is 0.700. The van der Waals surface area contributed by atoms with E-state index in [1.807, 2.05) is 19.6 Å². The molecule has 74 valence electrons. The van der Waals surface area contributed by atoms with Crippen LogP contribution in [0.1, 0.15) is 31.9 Å². The monoisotopic (exact) mass is 181 g/mol. The maximum absolute atomic E-state index is 4.14. The van der Waals surface area contributed by atoms with Gasteiger partial charge in [-0.3, -0.25) is 0 Å². The predicted molar refractivity (Wildman–Crippen MR) is 54.5 cm³/mol. The highest BCUT2D eigenvalue weighted by Crippen LogP contribution is 2.03. The molecule has 0 aromatic carbocycles. The Hall–Kier alpha value is -0.830. The van der Waals surface area contributed by atoms with E-state index in [4.69, 9.17) is 0 Å². The molecule has 0 bridgehead atoms. The van der Waals surface area contributed by atoms with Gasteiger partial charge in [0.15, 0.2) is 0 Å². The number of aryl methyl sites for hydroxylation is 1. The van der Waals surface area contributed by atoms with Crippen molar-refractivity contribution in [1.82, 2.24) is 14.9 Å². The van der Waals surface area contributed by atoms with Crippen LogP contribution >= 0.6 is 0 Å². The number of imidazole rings is 1. The maximum Gasteiger partial charge on any atom is 0.0948 e. The maximum atomic E-state index is 4.14. The number of nitrogens with one attached hydrogen (secondary N) is 1. The smallest absolute Gasteiger partial charge is 0.0948 e. The number of nitrogens with zero attached hydrogens (tertiary/aromatic N) is 2. The molecular formula is C10H19N3. The van der Waals surface area contributed by atoms with Gasteiger partial charge in [-0.1, -0.05) is 19.8 Å². The van der Waals surface area contributed by atoms with Crippen molar-refractivity contribution in [2.75, 3.05) is 7.05 Å². The highest BCUT2D eigenvalue weighted by Gasteiger charge is 1.99. The Morgan fingerprint density at radius 1 is 1.46 bits per heavy atom. The largest absolute Gasteiger partial charge is 0.333 e. The van der Waals surface area contributed by atoms with Gasteiger partial charge in [-0.25, -0.2) is 4.98 Å². The lowest BCUT2D eigenvalue weighted by Crippen LogP contribution is -2.10. The SMILES string of the molecule is CCCCCn1cncc1CNC. The molecule has 0 aliphatic carbocycles. The summed E-state index contributed by atoms with van der Waals surface area (Å²) in [5.41, 5.74) is 1.28. The molecule has 0 saturated heterocycles. The standard InChI is InChI=1S/C10H19N3/c1-3-4-5-6-13-9-12-8-10(13)7-11-2/h8-9,11H,3-7H2,1-2H3. The number of rotatable bonds is 6. The van der Waals surface area contributed by atoms with E-state index in [2.05, 4.69) is 21.8 Å². The van der Waals surface area contributed by atoms with E-state index in [9.17, 15) is 0 Å². The molecule has 1 aromatic heterocycles. The Morgan fingerprint density at radius 3 is 3.00 bits per heavy atom. The van der Waals surface area contributed by atoms with Gasteiger partial charge < -0.3 is 9.88 Å². The van der Waals surface area contributed by atoms with Crippen LogP contribution in [0.15, 0.2) is 12.5 Å². The third kappa shape index (κ3) is 3.19. The molecule has 0 unspecified atom stereocenters. The molecule has 0 atom stereocenters. The van der Waals surface area contributed by atoms with Crippen LogP contribution in [0.25, 0.3) is 0 Å². The average Bonchev–Trinajstić information content (AvgIpc) is 2.54. The van der Waals surface area contributed by atoms with Crippen molar-refractivity contribution in [2.45, 2.75) is 39.3 Å². The molecule has 3 heteroatoms. The lowest BCUT2D eigenvalue weighted by atomic mass is 10.2. The molecule has 0 aliphatic rings. The topological polar surface area (TPSA) is 29.9 Å². The van der Waals surface area contributed by atoms with Crippen molar-refractivity contribution in [3.8, 4) is 0 Å². The average molecular weight is 181 g/mol.